The van der Waals surface area contributed by atoms with Crippen LogP contribution in [0.5, 0.6) is 0 Å². The number of ketones is 1. The van der Waals surface area contributed by atoms with Crippen LogP contribution in [0.2, 0.25) is 5.15 Å². The number of pyridine rings is 1. The van der Waals surface area contributed by atoms with Crippen LogP contribution in [0.25, 0.3) is 0 Å². The number of piperidine rings is 1. The SMILES string of the molecule is N#Cc1cc(Cl)nc(N2CCC(C(=O)c3ccc(F)cc3)CC2)c1. The van der Waals surface area contributed by atoms with Crippen LogP contribution in [0.4, 0.5) is 10.2 Å². The van der Waals surface area contributed by atoms with Gasteiger partial charge in [0.1, 0.15) is 16.8 Å². The zero-order valence-electron chi connectivity index (χ0n) is 12.9. The van der Waals surface area contributed by atoms with E-state index >= 15 is 0 Å². The molecular formula is C18H15ClFN3O. The first-order valence-electron chi connectivity index (χ1n) is 7.69. The predicted octanol–water partition coefficient (Wildman–Crippen LogP) is 3.85. The van der Waals surface area contributed by atoms with E-state index in [9.17, 15) is 9.18 Å². The lowest BCUT2D eigenvalue weighted by Gasteiger charge is -2.32. The molecular weight excluding hydrogens is 329 g/mol. The summed E-state index contributed by atoms with van der Waals surface area (Å²) in [5, 5.41) is 9.30. The minimum Gasteiger partial charge on any atom is -0.356 e. The largest absolute Gasteiger partial charge is 0.356 e. The second-order valence-electron chi connectivity index (χ2n) is 5.78. The monoisotopic (exact) mass is 343 g/mol. The molecule has 1 aromatic heterocycles. The molecule has 0 N–H and O–H groups in total. The van der Waals surface area contributed by atoms with Gasteiger partial charge >= 0.3 is 0 Å². The minimum absolute atomic E-state index is 0.0476. The summed E-state index contributed by atoms with van der Waals surface area (Å²) in [6.07, 6.45) is 1.37. The van der Waals surface area contributed by atoms with Crippen LogP contribution in [-0.2, 0) is 0 Å². The van der Waals surface area contributed by atoms with Gasteiger partial charge in [-0.1, -0.05) is 11.6 Å². The Morgan fingerprint density at radius 1 is 1.25 bits per heavy atom. The molecule has 0 unspecified atom stereocenters. The van der Waals surface area contributed by atoms with Crippen molar-refractivity contribution < 1.29 is 9.18 Å². The summed E-state index contributed by atoms with van der Waals surface area (Å²) in [5.74, 6) is 0.279. The Balaban J connectivity index is 1.67. The Kier molecular flexibility index (Phi) is 4.77. The molecule has 0 aliphatic carbocycles. The molecule has 1 aliphatic rings. The number of anilines is 1. The van der Waals surface area contributed by atoms with E-state index in [2.05, 4.69) is 11.1 Å². The van der Waals surface area contributed by atoms with Gasteiger partial charge in [-0.15, -0.1) is 0 Å². The third kappa shape index (κ3) is 3.55. The first kappa shape index (κ1) is 16.4. The second kappa shape index (κ2) is 6.98. The summed E-state index contributed by atoms with van der Waals surface area (Å²) < 4.78 is 13.0. The zero-order valence-corrected chi connectivity index (χ0v) is 13.6. The number of halogens is 2. The van der Waals surface area contributed by atoms with Crippen molar-refractivity contribution in [2.75, 3.05) is 18.0 Å². The number of Topliss-reactive ketones (excluding diaryl/α,β-unsaturated/α-hetero) is 1. The molecule has 1 aliphatic heterocycles. The van der Waals surface area contributed by atoms with Crippen LogP contribution in [-0.4, -0.2) is 23.9 Å². The summed E-state index contributed by atoms with van der Waals surface area (Å²) in [5.41, 5.74) is 1.01. The molecule has 0 spiro atoms. The fourth-order valence-electron chi connectivity index (χ4n) is 2.93. The molecule has 2 aromatic rings. The maximum atomic E-state index is 13.0. The lowest BCUT2D eigenvalue weighted by atomic mass is 9.89. The number of hydrogen-bond acceptors (Lipinski definition) is 4. The number of carbonyl (C=O) groups excluding carboxylic acids is 1. The Hall–Kier alpha value is -2.45. The highest BCUT2D eigenvalue weighted by Crippen LogP contribution is 2.26. The standard InChI is InChI=1S/C18H15ClFN3O/c19-16-9-12(11-21)10-17(22-16)23-7-5-14(6-8-23)18(24)13-1-3-15(20)4-2-13/h1-4,9-10,14H,5-8H2. The van der Waals surface area contributed by atoms with E-state index in [-0.39, 0.29) is 22.7 Å². The number of benzene rings is 1. The van der Waals surface area contributed by atoms with Crippen molar-refractivity contribution in [3.8, 4) is 6.07 Å². The van der Waals surface area contributed by atoms with Crippen molar-refractivity contribution in [2.45, 2.75) is 12.8 Å². The number of aromatic nitrogens is 1. The Morgan fingerprint density at radius 3 is 2.54 bits per heavy atom. The Bertz CT molecular complexity index is 793. The van der Waals surface area contributed by atoms with E-state index in [1.807, 2.05) is 4.90 Å². The zero-order chi connectivity index (χ0) is 17.1. The van der Waals surface area contributed by atoms with Crippen molar-refractivity contribution in [3.63, 3.8) is 0 Å². The third-order valence-corrected chi connectivity index (χ3v) is 4.42. The molecule has 3 rings (SSSR count). The van der Waals surface area contributed by atoms with Crippen LogP contribution in [0.1, 0.15) is 28.8 Å². The highest BCUT2D eigenvalue weighted by molar-refractivity contribution is 6.29. The summed E-state index contributed by atoms with van der Waals surface area (Å²) in [7, 11) is 0. The van der Waals surface area contributed by atoms with Gasteiger partial charge in [0.05, 0.1) is 11.6 Å². The van der Waals surface area contributed by atoms with Crippen molar-refractivity contribution in [1.29, 1.82) is 5.26 Å². The van der Waals surface area contributed by atoms with Crippen molar-refractivity contribution in [3.05, 3.63) is 58.5 Å². The second-order valence-corrected chi connectivity index (χ2v) is 6.17. The molecule has 122 valence electrons. The highest BCUT2D eigenvalue weighted by Gasteiger charge is 2.26. The molecule has 0 amide bonds. The molecule has 1 aromatic carbocycles. The lowest BCUT2D eigenvalue weighted by Crippen LogP contribution is -2.36. The van der Waals surface area contributed by atoms with Crippen molar-refractivity contribution in [1.82, 2.24) is 4.98 Å². The molecule has 0 radical (unpaired) electrons. The van der Waals surface area contributed by atoms with E-state index in [4.69, 9.17) is 16.9 Å². The van der Waals surface area contributed by atoms with Crippen LogP contribution in [0, 0.1) is 23.1 Å². The maximum Gasteiger partial charge on any atom is 0.166 e. The van der Waals surface area contributed by atoms with Gasteiger partial charge in [-0.2, -0.15) is 5.26 Å². The highest BCUT2D eigenvalue weighted by atomic mass is 35.5. The van der Waals surface area contributed by atoms with E-state index in [1.54, 1.807) is 6.07 Å². The topological polar surface area (TPSA) is 57.0 Å². The Morgan fingerprint density at radius 2 is 1.92 bits per heavy atom. The maximum absolute atomic E-state index is 13.0. The normalized spacial score (nSPS) is 15.1. The predicted molar refractivity (Wildman–Crippen MR) is 89.6 cm³/mol. The average molecular weight is 344 g/mol. The van der Waals surface area contributed by atoms with E-state index < -0.39 is 0 Å². The van der Waals surface area contributed by atoms with Crippen molar-refractivity contribution in [2.24, 2.45) is 5.92 Å². The van der Waals surface area contributed by atoms with Crippen LogP contribution in [0.15, 0.2) is 36.4 Å². The summed E-state index contributed by atoms with van der Waals surface area (Å²) in [4.78, 5) is 18.8. The average Bonchev–Trinajstić information content (AvgIpc) is 2.61. The molecule has 24 heavy (non-hydrogen) atoms. The number of nitrogens with zero attached hydrogens (tertiary/aromatic N) is 3. The molecule has 4 nitrogen and oxygen atoms in total. The van der Waals surface area contributed by atoms with Crippen LogP contribution < -0.4 is 4.90 Å². The first-order chi connectivity index (χ1) is 11.6. The fraction of sp³-hybridized carbons (Fsp3) is 0.278. The van der Waals surface area contributed by atoms with Gasteiger partial charge in [0.2, 0.25) is 0 Å². The lowest BCUT2D eigenvalue weighted by molar-refractivity contribution is 0.0900. The first-order valence-corrected chi connectivity index (χ1v) is 8.07. The number of hydrogen-bond donors (Lipinski definition) is 0. The van der Waals surface area contributed by atoms with E-state index in [1.165, 1.54) is 30.3 Å². The minimum atomic E-state index is -0.346. The molecule has 1 saturated heterocycles. The molecule has 0 bridgehead atoms. The van der Waals surface area contributed by atoms with Gasteiger partial charge in [0.15, 0.2) is 5.78 Å². The molecule has 1 fully saturated rings. The van der Waals surface area contributed by atoms with Gasteiger partial charge in [-0.05, 0) is 49.2 Å². The van der Waals surface area contributed by atoms with E-state index in [0.717, 1.165) is 0 Å². The van der Waals surface area contributed by atoms with Crippen molar-refractivity contribution >= 4 is 23.2 Å². The van der Waals surface area contributed by atoms with Gasteiger partial charge in [-0.3, -0.25) is 4.79 Å². The number of carbonyl (C=O) groups is 1. The van der Waals surface area contributed by atoms with Gasteiger partial charge < -0.3 is 4.90 Å². The van der Waals surface area contributed by atoms with Crippen LogP contribution in [0.3, 0.4) is 0 Å². The van der Waals surface area contributed by atoms with Gasteiger partial charge in [0.25, 0.3) is 0 Å². The molecule has 2 heterocycles. The van der Waals surface area contributed by atoms with Gasteiger partial charge in [0, 0.05) is 24.6 Å². The summed E-state index contributed by atoms with van der Waals surface area (Å²) in [6, 6.07) is 11.0. The number of nitriles is 1. The molecule has 0 atom stereocenters. The Labute approximate surface area is 144 Å². The molecule has 6 heteroatoms. The summed E-state index contributed by atoms with van der Waals surface area (Å²) >= 11 is 5.95. The van der Waals surface area contributed by atoms with Gasteiger partial charge in [-0.25, -0.2) is 9.37 Å². The fourth-order valence-corrected chi connectivity index (χ4v) is 3.13. The molecule has 0 saturated carbocycles. The number of rotatable bonds is 3. The van der Waals surface area contributed by atoms with Crippen LogP contribution >= 0.6 is 11.6 Å². The van der Waals surface area contributed by atoms with E-state index in [0.29, 0.717) is 42.9 Å². The third-order valence-electron chi connectivity index (χ3n) is 4.23. The summed E-state index contributed by atoms with van der Waals surface area (Å²) in [6.45, 7) is 1.33. The quantitative estimate of drug-likeness (QED) is 0.627. The smallest absolute Gasteiger partial charge is 0.166 e.